The van der Waals surface area contributed by atoms with Crippen LogP contribution in [0.1, 0.15) is 22.8 Å². The summed E-state index contributed by atoms with van der Waals surface area (Å²) in [6.45, 7) is 1.80. The number of halogens is 1. The molecule has 0 saturated carbocycles. The molecule has 2 N–H and O–H groups in total. The highest BCUT2D eigenvalue weighted by molar-refractivity contribution is 5.99. The smallest absolute Gasteiger partial charge is 0.255 e. The van der Waals surface area contributed by atoms with Gasteiger partial charge >= 0.3 is 0 Å². The van der Waals surface area contributed by atoms with Crippen LogP contribution in [0.3, 0.4) is 0 Å². The van der Waals surface area contributed by atoms with Gasteiger partial charge in [-0.25, -0.2) is 4.39 Å². The van der Waals surface area contributed by atoms with Crippen LogP contribution in [0.15, 0.2) is 42.5 Å². The maximum atomic E-state index is 12.9. The van der Waals surface area contributed by atoms with Crippen molar-refractivity contribution in [3.8, 4) is 5.75 Å². The molecule has 2 aromatic carbocycles. The zero-order valence-electron chi connectivity index (χ0n) is 13.6. The van der Waals surface area contributed by atoms with Crippen molar-refractivity contribution in [3.63, 3.8) is 0 Å². The van der Waals surface area contributed by atoms with E-state index in [1.807, 2.05) is 0 Å². The third kappa shape index (κ3) is 4.81. The van der Waals surface area contributed by atoms with E-state index in [4.69, 9.17) is 4.74 Å². The number of ether oxygens (including phenoxy) is 1. The van der Waals surface area contributed by atoms with E-state index in [1.165, 1.54) is 26.2 Å². The van der Waals surface area contributed by atoms with Crippen LogP contribution < -0.4 is 15.4 Å². The summed E-state index contributed by atoms with van der Waals surface area (Å²) < 4.78 is 18.0. The van der Waals surface area contributed by atoms with E-state index in [9.17, 15) is 14.0 Å². The van der Waals surface area contributed by atoms with Crippen LogP contribution in [0.2, 0.25) is 0 Å². The fraction of sp³-hybridized carbons (Fsp3) is 0.222. The second kappa shape index (κ2) is 8.10. The predicted molar refractivity (Wildman–Crippen MR) is 89.7 cm³/mol. The summed E-state index contributed by atoms with van der Waals surface area (Å²) in [4.78, 5) is 23.5. The number of rotatable bonds is 6. The van der Waals surface area contributed by atoms with Crippen molar-refractivity contribution in [2.24, 2.45) is 0 Å². The normalized spacial score (nSPS) is 10.1. The van der Waals surface area contributed by atoms with Crippen LogP contribution in [0.4, 0.5) is 10.1 Å². The maximum absolute atomic E-state index is 12.9. The van der Waals surface area contributed by atoms with Gasteiger partial charge in [0.05, 0.1) is 12.7 Å². The van der Waals surface area contributed by atoms with Gasteiger partial charge in [0.15, 0.2) is 0 Å². The second-order valence-electron chi connectivity index (χ2n) is 5.23. The number of carbonyl (C=O) groups excluding carboxylic acids is 2. The Labute approximate surface area is 139 Å². The lowest BCUT2D eigenvalue weighted by atomic mass is 10.1. The standard InChI is InChI=1S/C18H19FN2O3/c1-12(22)21-15-7-8-17(24-2)16(11-15)18(23)20-10-9-13-3-5-14(19)6-4-13/h3-8,11H,9-10H2,1-2H3,(H,20,23)(H,21,22). The van der Waals surface area contributed by atoms with Crippen molar-refractivity contribution >= 4 is 17.5 Å². The van der Waals surface area contributed by atoms with Crippen LogP contribution in [0.25, 0.3) is 0 Å². The summed E-state index contributed by atoms with van der Waals surface area (Å²) >= 11 is 0. The summed E-state index contributed by atoms with van der Waals surface area (Å²) in [5.41, 5.74) is 1.78. The molecule has 0 bridgehead atoms. The molecule has 2 aromatic rings. The SMILES string of the molecule is COc1ccc(NC(C)=O)cc1C(=O)NCCc1ccc(F)cc1. The van der Waals surface area contributed by atoms with Crippen LogP contribution in [-0.4, -0.2) is 25.5 Å². The van der Waals surface area contributed by atoms with Gasteiger partial charge in [0.2, 0.25) is 5.91 Å². The molecule has 5 nitrogen and oxygen atoms in total. The lowest BCUT2D eigenvalue weighted by Gasteiger charge is -2.11. The highest BCUT2D eigenvalue weighted by atomic mass is 19.1. The predicted octanol–water partition coefficient (Wildman–Crippen LogP) is 2.77. The van der Waals surface area contributed by atoms with Gasteiger partial charge in [-0.3, -0.25) is 9.59 Å². The Morgan fingerprint density at radius 2 is 1.83 bits per heavy atom. The van der Waals surface area contributed by atoms with Crippen molar-refractivity contribution in [2.45, 2.75) is 13.3 Å². The number of amides is 2. The van der Waals surface area contributed by atoms with Crippen molar-refractivity contribution in [1.29, 1.82) is 0 Å². The molecule has 0 spiro atoms. The average molecular weight is 330 g/mol. The molecule has 0 saturated heterocycles. The van der Waals surface area contributed by atoms with Gasteiger partial charge in [-0.1, -0.05) is 12.1 Å². The van der Waals surface area contributed by atoms with E-state index in [1.54, 1.807) is 30.3 Å². The van der Waals surface area contributed by atoms with Crippen molar-refractivity contribution in [2.75, 3.05) is 19.0 Å². The van der Waals surface area contributed by atoms with E-state index < -0.39 is 0 Å². The molecule has 0 atom stereocenters. The van der Waals surface area contributed by atoms with Gasteiger partial charge in [0.25, 0.3) is 5.91 Å². The molecule has 0 unspecified atom stereocenters. The van der Waals surface area contributed by atoms with Gasteiger partial charge < -0.3 is 15.4 Å². The number of nitrogens with one attached hydrogen (secondary N) is 2. The molecule has 24 heavy (non-hydrogen) atoms. The summed E-state index contributed by atoms with van der Waals surface area (Å²) in [6.07, 6.45) is 0.583. The molecule has 2 amide bonds. The molecule has 0 aromatic heterocycles. The Hall–Kier alpha value is -2.89. The highest BCUT2D eigenvalue weighted by Crippen LogP contribution is 2.22. The molecule has 0 heterocycles. The van der Waals surface area contributed by atoms with Crippen LogP contribution >= 0.6 is 0 Å². The zero-order valence-corrected chi connectivity index (χ0v) is 13.6. The minimum atomic E-state index is -0.304. The lowest BCUT2D eigenvalue weighted by Crippen LogP contribution is -2.26. The van der Waals surface area contributed by atoms with E-state index in [0.717, 1.165) is 5.56 Å². The highest BCUT2D eigenvalue weighted by Gasteiger charge is 2.13. The molecule has 0 fully saturated rings. The Balaban J connectivity index is 2.02. The molecule has 126 valence electrons. The Morgan fingerprint density at radius 3 is 2.46 bits per heavy atom. The van der Waals surface area contributed by atoms with E-state index >= 15 is 0 Å². The van der Waals surface area contributed by atoms with E-state index in [-0.39, 0.29) is 17.6 Å². The lowest BCUT2D eigenvalue weighted by molar-refractivity contribution is -0.114. The summed E-state index contributed by atoms with van der Waals surface area (Å²) in [6, 6.07) is 11.0. The quantitative estimate of drug-likeness (QED) is 0.856. The van der Waals surface area contributed by atoms with Crippen LogP contribution in [0, 0.1) is 5.82 Å². The van der Waals surface area contributed by atoms with Crippen molar-refractivity contribution in [3.05, 3.63) is 59.4 Å². The first-order chi connectivity index (χ1) is 11.5. The zero-order chi connectivity index (χ0) is 17.5. The fourth-order valence-electron chi connectivity index (χ4n) is 2.23. The molecule has 0 aliphatic carbocycles. The van der Waals surface area contributed by atoms with Crippen molar-refractivity contribution < 1.29 is 18.7 Å². The first-order valence-electron chi connectivity index (χ1n) is 7.48. The molecule has 0 radical (unpaired) electrons. The van der Waals surface area contributed by atoms with Gasteiger partial charge in [0.1, 0.15) is 11.6 Å². The molecule has 0 aliphatic heterocycles. The number of hydrogen-bond acceptors (Lipinski definition) is 3. The minimum absolute atomic E-state index is 0.220. The number of carbonyl (C=O) groups is 2. The van der Waals surface area contributed by atoms with Gasteiger partial charge in [-0.15, -0.1) is 0 Å². The summed E-state index contributed by atoms with van der Waals surface area (Å²) in [5.74, 6) is -0.394. The van der Waals surface area contributed by atoms with Crippen LogP contribution in [-0.2, 0) is 11.2 Å². The molecule has 2 rings (SSSR count). The van der Waals surface area contributed by atoms with Gasteiger partial charge in [-0.05, 0) is 42.3 Å². The van der Waals surface area contributed by atoms with E-state index in [2.05, 4.69) is 10.6 Å². The average Bonchev–Trinajstić information content (AvgIpc) is 2.56. The third-order valence-corrected chi connectivity index (χ3v) is 3.38. The first-order valence-corrected chi connectivity index (χ1v) is 7.48. The first kappa shape index (κ1) is 17.5. The number of anilines is 1. The largest absolute Gasteiger partial charge is 0.496 e. The summed E-state index contributed by atoms with van der Waals surface area (Å²) in [5, 5.41) is 5.42. The van der Waals surface area contributed by atoms with Crippen molar-refractivity contribution in [1.82, 2.24) is 5.32 Å². The maximum Gasteiger partial charge on any atom is 0.255 e. The molecular weight excluding hydrogens is 311 g/mol. The van der Waals surface area contributed by atoms with E-state index in [0.29, 0.717) is 30.0 Å². The third-order valence-electron chi connectivity index (χ3n) is 3.38. The van der Waals surface area contributed by atoms with Crippen LogP contribution in [0.5, 0.6) is 5.75 Å². The summed E-state index contributed by atoms with van der Waals surface area (Å²) in [7, 11) is 1.47. The Bertz CT molecular complexity index is 730. The van der Waals surface area contributed by atoms with Gasteiger partial charge in [-0.2, -0.15) is 0 Å². The second-order valence-corrected chi connectivity index (χ2v) is 5.23. The number of hydrogen-bond donors (Lipinski definition) is 2. The minimum Gasteiger partial charge on any atom is -0.496 e. The number of benzene rings is 2. The van der Waals surface area contributed by atoms with Gasteiger partial charge in [0, 0.05) is 19.2 Å². The topological polar surface area (TPSA) is 67.4 Å². The molecular formula is C18H19FN2O3. The number of methoxy groups -OCH3 is 1. The monoisotopic (exact) mass is 330 g/mol. The Kier molecular flexibility index (Phi) is 5.89. The molecule has 6 heteroatoms. The Morgan fingerprint density at radius 1 is 1.12 bits per heavy atom. The fourth-order valence-corrected chi connectivity index (χ4v) is 2.23. The molecule has 0 aliphatic rings.